The number of rotatable bonds is 3. The highest BCUT2D eigenvalue weighted by atomic mass is 16.4. The average molecular weight is 267 g/mol. The fourth-order valence-electron chi connectivity index (χ4n) is 2.32. The van der Waals surface area contributed by atoms with Gasteiger partial charge in [-0.25, -0.2) is 4.79 Å². The predicted molar refractivity (Wildman–Crippen MR) is 75.3 cm³/mol. The Bertz CT molecular complexity index is 775. The van der Waals surface area contributed by atoms with Crippen molar-refractivity contribution in [1.82, 2.24) is 4.40 Å². The van der Waals surface area contributed by atoms with Crippen LogP contribution in [0.5, 0.6) is 5.75 Å². The van der Waals surface area contributed by atoms with E-state index in [4.69, 9.17) is 5.11 Å². The molecule has 0 saturated carbocycles. The van der Waals surface area contributed by atoms with Crippen LogP contribution >= 0.6 is 0 Å². The molecule has 0 saturated heterocycles. The monoisotopic (exact) mass is 267 g/mol. The van der Waals surface area contributed by atoms with Gasteiger partial charge in [-0.3, -0.25) is 0 Å². The molecular weight excluding hydrogens is 254 g/mol. The van der Waals surface area contributed by atoms with Crippen LogP contribution in [0.2, 0.25) is 0 Å². The molecule has 3 aromatic rings. The van der Waals surface area contributed by atoms with Gasteiger partial charge >= 0.3 is 5.97 Å². The van der Waals surface area contributed by atoms with Gasteiger partial charge in [-0.15, -0.1) is 0 Å². The zero-order valence-electron chi connectivity index (χ0n) is 10.7. The summed E-state index contributed by atoms with van der Waals surface area (Å²) >= 11 is 0. The van der Waals surface area contributed by atoms with E-state index in [0.29, 0.717) is 11.9 Å². The van der Waals surface area contributed by atoms with E-state index in [1.807, 2.05) is 30.3 Å². The Morgan fingerprint density at radius 1 is 1.15 bits per heavy atom. The zero-order valence-corrected chi connectivity index (χ0v) is 10.7. The van der Waals surface area contributed by atoms with Crippen molar-refractivity contribution < 1.29 is 15.0 Å². The second kappa shape index (κ2) is 4.74. The predicted octanol–water partition coefficient (Wildman–Crippen LogP) is 2.93. The molecule has 0 aliphatic carbocycles. The van der Waals surface area contributed by atoms with E-state index in [0.717, 1.165) is 11.1 Å². The number of carbonyl (C=O) groups is 1. The Balaban J connectivity index is 2.11. The van der Waals surface area contributed by atoms with Gasteiger partial charge in [-0.1, -0.05) is 30.3 Å². The maximum atomic E-state index is 11.0. The Morgan fingerprint density at radius 3 is 2.60 bits per heavy atom. The first-order chi connectivity index (χ1) is 9.65. The molecule has 3 rings (SSSR count). The molecule has 0 aliphatic rings. The molecule has 0 radical (unpaired) electrons. The number of hydrogen-bond donors (Lipinski definition) is 2. The SMILES string of the molecule is O=C(O)c1ccn2cc(O)c(Cc3ccccc3)c2c1. The van der Waals surface area contributed by atoms with Crippen LogP contribution < -0.4 is 0 Å². The topological polar surface area (TPSA) is 61.9 Å². The van der Waals surface area contributed by atoms with Crippen LogP contribution in [0.3, 0.4) is 0 Å². The van der Waals surface area contributed by atoms with E-state index in [9.17, 15) is 9.90 Å². The fourth-order valence-corrected chi connectivity index (χ4v) is 2.32. The number of aromatic nitrogens is 1. The Morgan fingerprint density at radius 2 is 1.90 bits per heavy atom. The maximum absolute atomic E-state index is 11.0. The zero-order chi connectivity index (χ0) is 14.1. The molecule has 0 aliphatic heterocycles. The first kappa shape index (κ1) is 12.3. The van der Waals surface area contributed by atoms with Crippen molar-refractivity contribution in [1.29, 1.82) is 0 Å². The average Bonchev–Trinajstić information content (AvgIpc) is 2.75. The molecule has 20 heavy (non-hydrogen) atoms. The standard InChI is InChI=1S/C16H13NO3/c18-15-10-17-7-6-12(16(19)20)9-14(17)13(15)8-11-4-2-1-3-5-11/h1-7,9-10,18H,8H2,(H,19,20). The van der Waals surface area contributed by atoms with Crippen LogP contribution in [0.25, 0.3) is 5.52 Å². The summed E-state index contributed by atoms with van der Waals surface area (Å²) in [6.45, 7) is 0. The third-order valence-electron chi connectivity index (χ3n) is 3.34. The summed E-state index contributed by atoms with van der Waals surface area (Å²) in [4.78, 5) is 11.0. The second-order valence-electron chi connectivity index (χ2n) is 4.67. The number of benzene rings is 1. The first-order valence-corrected chi connectivity index (χ1v) is 6.25. The molecule has 2 heterocycles. The van der Waals surface area contributed by atoms with Gasteiger partial charge < -0.3 is 14.6 Å². The van der Waals surface area contributed by atoms with E-state index in [-0.39, 0.29) is 11.3 Å². The first-order valence-electron chi connectivity index (χ1n) is 6.25. The molecule has 0 atom stereocenters. The second-order valence-corrected chi connectivity index (χ2v) is 4.67. The van der Waals surface area contributed by atoms with Crippen molar-refractivity contribution in [3.8, 4) is 5.75 Å². The molecule has 0 unspecified atom stereocenters. The lowest BCUT2D eigenvalue weighted by atomic mass is 10.0. The van der Waals surface area contributed by atoms with Crippen LogP contribution in [-0.4, -0.2) is 20.6 Å². The quantitative estimate of drug-likeness (QED) is 0.767. The number of fused-ring (bicyclic) bond motifs is 1. The number of aromatic hydroxyl groups is 1. The summed E-state index contributed by atoms with van der Waals surface area (Å²) in [5, 5.41) is 19.1. The van der Waals surface area contributed by atoms with Crippen LogP contribution in [0, 0.1) is 0 Å². The van der Waals surface area contributed by atoms with Gasteiger partial charge in [0.25, 0.3) is 0 Å². The third-order valence-corrected chi connectivity index (χ3v) is 3.34. The molecular formula is C16H13NO3. The van der Waals surface area contributed by atoms with Crippen molar-refractivity contribution in [3.05, 3.63) is 71.5 Å². The third kappa shape index (κ3) is 2.12. The molecule has 0 amide bonds. The molecule has 100 valence electrons. The minimum absolute atomic E-state index is 0.177. The van der Waals surface area contributed by atoms with Gasteiger partial charge in [0.15, 0.2) is 0 Å². The lowest BCUT2D eigenvalue weighted by Crippen LogP contribution is -1.98. The smallest absolute Gasteiger partial charge is 0.335 e. The lowest BCUT2D eigenvalue weighted by Gasteiger charge is -2.03. The Kier molecular flexibility index (Phi) is 2.91. The Labute approximate surface area is 115 Å². The minimum atomic E-state index is -0.973. The van der Waals surface area contributed by atoms with Crippen molar-refractivity contribution >= 4 is 11.5 Å². The molecule has 0 bridgehead atoms. The number of carboxylic acids is 1. The van der Waals surface area contributed by atoms with Gasteiger partial charge in [0.2, 0.25) is 0 Å². The van der Waals surface area contributed by atoms with Gasteiger partial charge in [-0.05, 0) is 17.7 Å². The highest BCUT2D eigenvalue weighted by molar-refractivity contribution is 5.89. The number of hydrogen-bond acceptors (Lipinski definition) is 2. The van der Waals surface area contributed by atoms with Crippen LogP contribution in [0.15, 0.2) is 54.9 Å². The molecule has 1 aromatic carbocycles. The fraction of sp³-hybridized carbons (Fsp3) is 0.0625. The summed E-state index contributed by atoms with van der Waals surface area (Å²) in [6.07, 6.45) is 3.80. The van der Waals surface area contributed by atoms with Crippen molar-refractivity contribution in [3.63, 3.8) is 0 Å². The van der Waals surface area contributed by atoms with E-state index in [1.54, 1.807) is 22.9 Å². The molecule has 0 spiro atoms. The van der Waals surface area contributed by atoms with E-state index >= 15 is 0 Å². The van der Waals surface area contributed by atoms with Crippen LogP contribution in [0.4, 0.5) is 0 Å². The summed E-state index contributed by atoms with van der Waals surface area (Å²) in [5.74, 6) is -0.796. The van der Waals surface area contributed by atoms with Gasteiger partial charge in [0.1, 0.15) is 5.75 Å². The molecule has 2 aromatic heterocycles. The van der Waals surface area contributed by atoms with Crippen molar-refractivity contribution in [2.24, 2.45) is 0 Å². The van der Waals surface area contributed by atoms with Crippen LogP contribution in [-0.2, 0) is 6.42 Å². The van der Waals surface area contributed by atoms with Gasteiger partial charge in [0, 0.05) is 18.2 Å². The summed E-state index contributed by atoms with van der Waals surface area (Å²) in [6, 6.07) is 12.9. The summed E-state index contributed by atoms with van der Waals surface area (Å²) in [7, 11) is 0. The van der Waals surface area contributed by atoms with Crippen LogP contribution in [0.1, 0.15) is 21.5 Å². The molecule has 2 N–H and O–H groups in total. The van der Waals surface area contributed by atoms with Gasteiger partial charge in [0.05, 0.1) is 17.3 Å². The number of aromatic carboxylic acids is 1. The number of pyridine rings is 1. The molecule has 4 nitrogen and oxygen atoms in total. The number of nitrogens with zero attached hydrogens (tertiary/aromatic N) is 1. The molecule has 0 fully saturated rings. The molecule has 4 heteroatoms. The minimum Gasteiger partial charge on any atom is -0.506 e. The van der Waals surface area contributed by atoms with E-state index in [2.05, 4.69) is 0 Å². The highest BCUT2D eigenvalue weighted by Gasteiger charge is 2.12. The van der Waals surface area contributed by atoms with Crippen molar-refractivity contribution in [2.45, 2.75) is 6.42 Å². The van der Waals surface area contributed by atoms with E-state index < -0.39 is 5.97 Å². The van der Waals surface area contributed by atoms with E-state index in [1.165, 1.54) is 6.07 Å². The largest absolute Gasteiger partial charge is 0.506 e. The maximum Gasteiger partial charge on any atom is 0.335 e. The van der Waals surface area contributed by atoms with Crippen molar-refractivity contribution in [2.75, 3.05) is 0 Å². The summed E-state index contributed by atoms with van der Waals surface area (Å²) in [5.41, 5.74) is 2.73. The lowest BCUT2D eigenvalue weighted by molar-refractivity contribution is 0.0697. The Hall–Kier alpha value is -2.75. The summed E-state index contributed by atoms with van der Waals surface area (Å²) < 4.78 is 1.74. The highest BCUT2D eigenvalue weighted by Crippen LogP contribution is 2.27. The van der Waals surface area contributed by atoms with Gasteiger partial charge in [-0.2, -0.15) is 0 Å². The number of carboxylic acid groups (broad SMARTS) is 1. The normalized spacial score (nSPS) is 10.8.